The highest BCUT2D eigenvalue weighted by molar-refractivity contribution is 5.93. The molecule has 1 saturated heterocycles. The lowest BCUT2D eigenvalue weighted by Gasteiger charge is -2.22. The Kier molecular flexibility index (Phi) is 3.37. The van der Waals surface area contributed by atoms with E-state index in [2.05, 4.69) is 10.2 Å². The second kappa shape index (κ2) is 5.43. The molecule has 2 heterocycles. The van der Waals surface area contributed by atoms with Crippen LogP contribution in [0, 0.1) is 11.3 Å². The quantitative estimate of drug-likeness (QED) is 0.925. The molecule has 0 bridgehead atoms. The zero-order valence-electron chi connectivity index (χ0n) is 13.1. The number of hydrogen-bond acceptors (Lipinski definition) is 4. The summed E-state index contributed by atoms with van der Waals surface area (Å²) in [5.74, 6) is -0.983. The van der Waals surface area contributed by atoms with Gasteiger partial charge < -0.3 is 10.0 Å². The second-order valence-corrected chi connectivity index (χ2v) is 6.59. The van der Waals surface area contributed by atoms with E-state index in [0.717, 1.165) is 18.5 Å². The monoisotopic (exact) mass is 326 g/mol. The molecule has 4 rings (SSSR count). The van der Waals surface area contributed by atoms with Crippen molar-refractivity contribution >= 4 is 11.9 Å². The Morgan fingerprint density at radius 2 is 2.04 bits per heavy atom. The first-order valence-electron chi connectivity index (χ1n) is 8.10. The van der Waals surface area contributed by atoms with Crippen LogP contribution in [0.1, 0.15) is 29.8 Å². The van der Waals surface area contributed by atoms with Gasteiger partial charge in [0.2, 0.25) is 0 Å². The number of para-hydroxylation sites is 1. The van der Waals surface area contributed by atoms with Gasteiger partial charge in [-0.1, -0.05) is 24.6 Å². The molecule has 1 aromatic heterocycles. The number of hydrogen-bond donors (Lipinski definition) is 1. The summed E-state index contributed by atoms with van der Waals surface area (Å²) in [7, 11) is 0. The van der Waals surface area contributed by atoms with Gasteiger partial charge in [-0.3, -0.25) is 9.59 Å². The van der Waals surface area contributed by atoms with Crippen molar-refractivity contribution in [2.24, 2.45) is 11.3 Å². The molecule has 1 aliphatic carbocycles. The highest BCUT2D eigenvalue weighted by Crippen LogP contribution is 2.49. The van der Waals surface area contributed by atoms with E-state index in [4.69, 9.17) is 0 Å². The van der Waals surface area contributed by atoms with Crippen molar-refractivity contribution in [2.45, 2.75) is 19.3 Å². The molecule has 1 aromatic carbocycles. The molecule has 124 valence electrons. The van der Waals surface area contributed by atoms with Crippen molar-refractivity contribution in [3.05, 3.63) is 42.2 Å². The number of carbonyl (C=O) groups excluding carboxylic acids is 1. The van der Waals surface area contributed by atoms with Crippen LogP contribution in [-0.2, 0) is 4.79 Å². The molecule has 1 amide bonds. The molecule has 2 fully saturated rings. The first kappa shape index (κ1) is 14.9. The van der Waals surface area contributed by atoms with Crippen LogP contribution in [0.15, 0.2) is 36.5 Å². The molecule has 1 aliphatic heterocycles. The number of carboxylic acids is 1. The number of aliphatic carboxylic acids is 1. The third-order valence-corrected chi connectivity index (χ3v) is 5.28. The minimum absolute atomic E-state index is 0.0446. The lowest BCUT2D eigenvalue weighted by Crippen LogP contribution is -2.37. The number of nitrogens with zero attached hydrogens (tertiary/aromatic N) is 4. The Morgan fingerprint density at radius 1 is 1.25 bits per heavy atom. The van der Waals surface area contributed by atoms with Gasteiger partial charge in [0.15, 0.2) is 5.69 Å². The van der Waals surface area contributed by atoms with Crippen molar-refractivity contribution < 1.29 is 14.7 Å². The van der Waals surface area contributed by atoms with E-state index in [9.17, 15) is 14.7 Å². The number of rotatable bonds is 3. The minimum Gasteiger partial charge on any atom is -0.481 e. The number of amides is 1. The molecule has 7 nitrogen and oxygen atoms in total. The van der Waals surface area contributed by atoms with E-state index in [1.54, 1.807) is 4.90 Å². The second-order valence-electron chi connectivity index (χ2n) is 6.59. The highest BCUT2D eigenvalue weighted by atomic mass is 16.4. The number of benzene rings is 1. The number of carbonyl (C=O) groups is 2. The minimum atomic E-state index is -0.784. The van der Waals surface area contributed by atoms with Crippen LogP contribution in [-0.4, -0.2) is 50.0 Å². The van der Waals surface area contributed by atoms with Gasteiger partial charge in [0.05, 0.1) is 17.3 Å². The predicted molar refractivity (Wildman–Crippen MR) is 84.7 cm³/mol. The maximum Gasteiger partial charge on any atom is 0.311 e. The number of likely N-dealkylation sites (tertiary alicyclic amines) is 1. The zero-order valence-corrected chi connectivity index (χ0v) is 13.1. The Balaban J connectivity index is 1.55. The SMILES string of the molecule is O=C(c1cnn(-c2ccccc2)n1)N1C[C@@H]2CCC[C@@]2(C(=O)O)C1. The van der Waals surface area contributed by atoms with Crippen LogP contribution in [0.5, 0.6) is 0 Å². The van der Waals surface area contributed by atoms with Gasteiger partial charge in [-0.25, -0.2) is 0 Å². The maximum atomic E-state index is 12.7. The van der Waals surface area contributed by atoms with Crippen LogP contribution in [0.25, 0.3) is 5.69 Å². The Bertz CT molecular complexity index is 788. The zero-order chi connectivity index (χ0) is 16.7. The largest absolute Gasteiger partial charge is 0.481 e. The van der Waals surface area contributed by atoms with Crippen molar-refractivity contribution in [2.75, 3.05) is 13.1 Å². The summed E-state index contributed by atoms with van der Waals surface area (Å²) in [6.07, 6.45) is 3.88. The molecule has 0 radical (unpaired) electrons. The molecular formula is C17H18N4O3. The van der Waals surface area contributed by atoms with Crippen LogP contribution in [0.2, 0.25) is 0 Å². The molecule has 7 heteroatoms. The Morgan fingerprint density at radius 3 is 2.75 bits per heavy atom. The lowest BCUT2D eigenvalue weighted by molar-refractivity contribution is -0.149. The van der Waals surface area contributed by atoms with E-state index >= 15 is 0 Å². The molecule has 0 unspecified atom stereocenters. The van der Waals surface area contributed by atoms with Gasteiger partial charge in [-0.2, -0.15) is 9.90 Å². The van der Waals surface area contributed by atoms with E-state index < -0.39 is 11.4 Å². The molecule has 2 atom stereocenters. The first-order valence-corrected chi connectivity index (χ1v) is 8.10. The van der Waals surface area contributed by atoms with E-state index in [0.29, 0.717) is 13.0 Å². The number of fused-ring (bicyclic) bond motifs is 1. The van der Waals surface area contributed by atoms with E-state index in [-0.39, 0.29) is 24.1 Å². The summed E-state index contributed by atoms with van der Waals surface area (Å²) in [6.45, 7) is 0.757. The first-order chi connectivity index (χ1) is 11.6. The molecule has 0 spiro atoms. The topological polar surface area (TPSA) is 88.3 Å². The predicted octanol–water partition coefficient (Wildman–Crippen LogP) is 1.59. The van der Waals surface area contributed by atoms with Crippen LogP contribution >= 0.6 is 0 Å². The number of aromatic nitrogens is 3. The third-order valence-electron chi connectivity index (χ3n) is 5.28. The molecule has 1 saturated carbocycles. The molecule has 2 aromatic rings. The summed E-state index contributed by atoms with van der Waals surface area (Å²) in [6, 6.07) is 9.35. The molecule has 24 heavy (non-hydrogen) atoms. The summed E-state index contributed by atoms with van der Waals surface area (Å²) in [5.41, 5.74) is 0.252. The van der Waals surface area contributed by atoms with Crippen LogP contribution in [0.3, 0.4) is 0 Å². The molecule has 1 N–H and O–H groups in total. The maximum absolute atomic E-state index is 12.7. The average molecular weight is 326 g/mol. The van der Waals surface area contributed by atoms with Crippen molar-refractivity contribution in [1.29, 1.82) is 0 Å². The fraction of sp³-hybridized carbons (Fsp3) is 0.412. The van der Waals surface area contributed by atoms with Crippen molar-refractivity contribution in [3.8, 4) is 5.69 Å². The van der Waals surface area contributed by atoms with Gasteiger partial charge in [-0.05, 0) is 30.9 Å². The van der Waals surface area contributed by atoms with Gasteiger partial charge >= 0.3 is 5.97 Å². The van der Waals surface area contributed by atoms with Crippen molar-refractivity contribution in [3.63, 3.8) is 0 Å². The summed E-state index contributed by atoms with van der Waals surface area (Å²) in [5, 5.41) is 18.0. The van der Waals surface area contributed by atoms with Crippen LogP contribution in [0.4, 0.5) is 0 Å². The Hall–Kier alpha value is -2.70. The van der Waals surface area contributed by atoms with Gasteiger partial charge in [-0.15, -0.1) is 5.10 Å². The van der Waals surface area contributed by atoms with Gasteiger partial charge in [0.25, 0.3) is 5.91 Å². The molecule has 2 aliphatic rings. The normalized spacial score (nSPS) is 25.7. The van der Waals surface area contributed by atoms with Crippen molar-refractivity contribution in [1.82, 2.24) is 19.9 Å². The summed E-state index contributed by atoms with van der Waals surface area (Å²) in [4.78, 5) is 27.5. The third kappa shape index (κ3) is 2.19. The van der Waals surface area contributed by atoms with E-state index in [1.165, 1.54) is 11.0 Å². The van der Waals surface area contributed by atoms with E-state index in [1.807, 2.05) is 30.3 Å². The smallest absolute Gasteiger partial charge is 0.311 e. The lowest BCUT2D eigenvalue weighted by atomic mass is 9.81. The van der Waals surface area contributed by atoms with Gasteiger partial charge in [0, 0.05) is 13.1 Å². The van der Waals surface area contributed by atoms with Crippen LogP contribution < -0.4 is 0 Å². The summed E-state index contributed by atoms with van der Waals surface area (Å²) < 4.78 is 0. The number of carboxylic acid groups (broad SMARTS) is 1. The average Bonchev–Trinajstić information content (AvgIpc) is 3.29. The Labute approximate surface area is 138 Å². The summed E-state index contributed by atoms with van der Waals surface area (Å²) >= 11 is 0. The fourth-order valence-corrected chi connectivity index (χ4v) is 4.00. The standard InChI is InChI=1S/C17H18N4O3/c22-15(14-9-18-21(19-14)13-6-2-1-3-7-13)20-10-12-5-4-8-17(12,11-20)16(23)24/h1-3,6-7,9,12H,4-5,8,10-11H2,(H,23,24)/t12-,17+/m0/s1. The highest BCUT2D eigenvalue weighted by Gasteiger charge is 2.56. The van der Waals surface area contributed by atoms with Gasteiger partial charge in [0.1, 0.15) is 0 Å². The molecular weight excluding hydrogens is 308 g/mol. The fourth-order valence-electron chi connectivity index (χ4n) is 4.00.